The number of nitrogens with zero attached hydrogens (tertiary/aromatic N) is 2. The maximum absolute atomic E-state index is 12.4. The molecule has 4 aromatic rings. The van der Waals surface area contributed by atoms with E-state index in [-0.39, 0.29) is 24.5 Å². The van der Waals surface area contributed by atoms with Gasteiger partial charge in [0.05, 0.1) is 17.4 Å². The van der Waals surface area contributed by atoms with Gasteiger partial charge >= 0.3 is 0 Å². The third kappa shape index (κ3) is 3.59. The average Bonchev–Trinajstić information content (AvgIpc) is 3.50. The first-order valence-electron chi connectivity index (χ1n) is 9.39. The maximum atomic E-state index is 12.4. The van der Waals surface area contributed by atoms with Crippen molar-refractivity contribution in [2.45, 2.75) is 18.2 Å². The molecule has 0 aliphatic carbocycles. The Hall–Kier alpha value is -3.46. The number of para-hydroxylation sites is 1. The summed E-state index contributed by atoms with van der Waals surface area (Å²) in [5, 5.41) is 12.5. The molecular formula is C21H18N4O4S. The number of rotatable bonds is 6. The van der Waals surface area contributed by atoms with Crippen molar-refractivity contribution >= 4 is 28.6 Å². The number of amides is 1. The second-order valence-corrected chi connectivity index (χ2v) is 7.74. The van der Waals surface area contributed by atoms with Crippen molar-refractivity contribution in [3.63, 3.8) is 0 Å². The molecule has 0 bridgehead atoms. The highest BCUT2D eigenvalue weighted by Crippen LogP contribution is 2.34. The average molecular weight is 422 g/mol. The number of aromatic nitrogens is 3. The third-order valence-corrected chi connectivity index (χ3v) is 5.65. The van der Waals surface area contributed by atoms with Crippen LogP contribution in [0.2, 0.25) is 0 Å². The number of ether oxygens (including phenoxy) is 2. The van der Waals surface area contributed by atoms with Crippen LogP contribution in [0.3, 0.4) is 0 Å². The number of thioether (sulfide) groups is 1. The highest BCUT2D eigenvalue weighted by Gasteiger charge is 2.18. The Balaban J connectivity index is 1.20. The quantitative estimate of drug-likeness (QED) is 0.454. The van der Waals surface area contributed by atoms with Gasteiger partial charge in [-0.25, -0.2) is 0 Å². The zero-order valence-corrected chi connectivity index (χ0v) is 16.9. The summed E-state index contributed by atoms with van der Waals surface area (Å²) in [5.41, 5.74) is 2.78. The van der Waals surface area contributed by atoms with E-state index >= 15 is 0 Å². The summed E-state index contributed by atoms with van der Waals surface area (Å²) in [4.78, 5) is 15.5. The molecule has 2 N–H and O–H groups in total. The van der Waals surface area contributed by atoms with Gasteiger partial charge in [0.25, 0.3) is 11.1 Å². The summed E-state index contributed by atoms with van der Waals surface area (Å²) in [6, 6.07) is 13.4. The van der Waals surface area contributed by atoms with Gasteiger partial charge in [0, 0.05) is 17.1 Å². The fourth-order valence-corrected chi connectivity index (χ4v) is 3.88. The lowest BCUT2D eigenvalue weighted by atomic mass is 10.1. The molecule has 0 saturated heterocycles. The number of nitrogens with one attached hydrogen (secondary N) is 2. The van der Waals surface area contributed by atoms with Gasteiger partial charge in [-0.05, 0) is 30.7 Å². The highest BCUT2D eigenvalue weighted by molar-refractivity contribution is 7.99. The van der Waals surface area contributed by atoms with Crippen LogP contribution in [0.15, 0.2) is 58.3 Å². The first kappa shape index (κ1) is 18.6. The Morgan fingerprint density at radius 2 is 2.07 bits per heavy atom. The Morgan fingerprint density at radius 1 is 1.20 bits per heavy atom. The van der Waals surface area contributed by atoms with E-state index in [4.69, 9.17) is 13.9 Å². The minimum absolute atomic E-state index is 0.128. The van der Waals surface area contributed by atoms with E-state index in [2.05, 4.69) is 20.5 Å². The standard InChI is InChI=1S/C21H18N4O4S/c1-12(13-6-7-17-18(8-13)28-11-27-17)23-19(26)10-30-21-25-24-20(29-21)15-9-22-16-5-3-2-4-14(15)16/h2-9,12,22H,10-11H2,1H3,(H,23,26). The van der Waals surface area contributed by atoms with Gasteiger partial charge in [-0.15, -0.1) is 10.2 Å². The number of aromatic amines is 1. The summed E-state index contributed by atoms with van der Waals surface area (Å²) in [6.45, 7) is 2.14. The summed E-state index contributed by atoms with van der Waals surface area (Å²) in [5.74, 6) is 1.87. The number of hydrogen-bond acceptors (Lipinski definition) is 7. The Bertz CT molecular complexity index is 1220. The fraction of sp³-hybridized carbons (Fsp3) is 0.190. The van der Waals surface area contributed by atoms with E-state index in [9.17, 15) is 4.79 Å². The second-order valence-electron chi connectivity index (χ2n) is 6.81. The molecule has 30 heavy (non-hydrogen) atoms. The van der Waals surface area contributed by atoms with E-state index in [1.165, 1.54) is 11.8 Å². The van der Waals surface area contributed by atoms with Crippen LogP contribution >= 0.6 is 11.8 Å². The number of carbonyl (C=O) groups is 1. The number of fused-ring (bicyclic) bond motifs is 2. The third-order valence-electron chi connectivity index (χ3n) is 4.83. The molecule has 1 unspecified atom stereocenters. The minimum atomic E-state index is -0.169. The lowest BCUT2D eigenvalue weighted by Gasteiger charge is -2.14. The predicted octanol–water partition coefficient (Wildman–Crippen LogP) is 3.92. The topological polar surface area (TPSA) is 102 Å². The summed E-state index contributed by atoms with van der Waals surface area (Å²) in [6.07, 6.45) is 1.84. The van der Waals surface area contributed by atoms with Crippen molar-refractivity contribution in [2.24, 2.45) is 0 Å². The number of hydrogen-bond donors (Lipinski definition) is 2. The van der Waals surface area contributed by atoms with Gasteiger partial charge < -0.3 is 24.2 Å². The fourth-order valence-electron chi connectivity index (χ4n) is 3.30. The smallest absolute Gasteiger partial charge is 0.277 e. The van der Waals surface area contributed by atoms with Crippen LogP contribution in [0.4, 0.5) is 0 Å². The molecule has 0 spiro atoms. The number of benzene rings is 2. The van der Waals surface area contributed by atoms with Crippen LogP contribution in [0.1, 0.15) is 18.5 Å². The van der Waals surface area contributed by atoms with Gasteiger partial charge in [0.2, 0.25) is 12.7 Å². The molecule has 1 atom stereocenters. The second kappa shape index (κ2) is 7.75. The van der Waals surface area contributed by atoms with Gasteiger partial charge in [-0.1, -0.05) is 36.0 Å². The Kier molecular flexibility index (Phi) is 4.80. The molecule has 2 aromatic carbocycles. The first-order valence-corrected chi connectivity index (χ1v) is 10.4. The molecule has 1 aliphatic heterocycles. The van der Waals surface area contributed by atoms with E-state index < -0.39 is 0 Å². The van der Waals surface area contributed by atoms with Gasteiger partial charge in [-0.2, -0.15) is 0 Å². The Morgan fingerprint density at radius 3 is 3.00 bits per heavy atom. The molecule has 152 valence electrons. The molecular weight excluding hydrogens is 404 g/mol. The molecule has 0 radical (unpaired) electrons. The molecule has 2 aromatic heterocycles. The molecule has 3 heterocycles. The van der Waals surface area contributed by atoms with Gasteiger partial charge in [0.15, 0.2) is 11.5 Å². The Labute approximate surface area is 176 Å². The van der Waals surface area contributed by atoms with Crippen LogP contribution in [0, 0.1) is 0 Å². The van der Waals surface area contributed by atoms with Crippen molar-refractivity contribution in [1.82, 2.24) is 20.5 Å². The minimum Gasteiger partial charge on any atom is -0.454 e. The molecule has 1 aliphatic rings. The van der Waals surface area contributed by atoms with Crippen LogP contribution in [-0.2, 0) is 4.79 Å². The molecule has 1 amide bonds. The van der Waals surface area contributed by atoms with Crippen molar-refractivity contribution < 1.29 is 18.7 Å². The molecule has 8 nitrogen and oxygen atoms in total. The molecule has 0 saturated carbocycles. The lowest BCUT2D eigenvalue weighted by Crippen LogP contribution is -2.28. The van der Waals surface area contributed by atoms with Crippen molar-refractivity contribution in [2.75, 3.05) is 12.5 Å². The molecule has 0 fully saturated rings. The van der Waals surface area contributed by atoms with Crippen LogP contribution in [0.5, 0.6) is 11.5 Å². The van der Waals surface area contributed by atoms with Gasteiger partial charge in [-0.3, -0.25) is 4.79 Å². The van der Waals surface area contributed by atoms with Gasteiger partial charge in [0.1, 0.15) is 0 Å². The van der Waals surface area contributed by atoms with Crippen molar-refractivity contribution in [3.8, 4) is 23.0 Å². The van der Waals surface area contributed by atoms with Crippen LogP contribution < -0.4 is 14.8 Å². The number of H-pyrrole nitrogens is 1. The normalized spacial score (nSPS) is 13.5. The van der Waals surface area contributed by atoms with Crippen molar-refractivity contribution in [1.29, 1.82) is 0 Å². The van der Waals surface area contributed by atoms with Crippen LogP contribution in [-0.4, -0.2) is 33.6 Å². The highest BCUT2D eigenvalue weighted by atomic mass is 32.2. The zero-order chi connectivity index (χ0) is 20.5. The number of carbonyl (C=O) groups excluding carboxylic acids is 1. The first-order chi connectivity index (χ1) is 14.7. The van der Waals surface area contributed by atoms with E-state index in [0.717, 1.165) is 27.8 Å². The maximum Gasteiger partial charge on any atom is 0.277 e. The van der Waals surface area contributed by atoms with E-state index in [1.54, 1.807) is 0 Å². The molecule has 9 heteroatoms. The summed E-state index contributed by atoms with van der Waals surface area (Å²) < 4.78 is 16.4. The SMILES string of the molecule is CC(NC(=O)CSc1nnc(-c2c[nH]c3ccccc23)o1)c1ccc2c(c1)OCO2. The monoisotopic (exact) mass is 422 g/mol. The lowest BCUT2D eigenvalue weighted by molar-refractivity contribution is -0.119. The largest absolute Gasteiger partial charge is 0.454 e. The zero-order valence-electron chi connectivity index (χ0n) is 16.0. The van der Waals surface area contributed by atoms with Crippen molar-refractivity contribution in [3.05, 3.63) is 54.2 Å². The molecule has 5 rings (SSSR count). The predicted molar refractivity (Wildman–Crippen MR) is 111 cm³/mol. The van der Waals surface area contributed by atoms with Crippen LogP contribution in [0.25, 0.3) is 22.4 Å². The van der Waals surface area contributed by atoms with E-state index in [1.807, 2.05) is 55.6 Å². The van der Waals surface area contributed by atoms with E-state index in [0.29, 0.717) is 16.9 Å². The summed E-state index contributed by atoms with van der Waals surface area (Å²) >= 11 is 1.20. The summed E-state index contributed by atoms with van der Waals surface area (Å²) in [7, 11) is 0.